The fraction of sp³-hybridized carbons (Fsp3) is 0.450. The number of aromatic nitrogens is 3. The molecule has 3 rings (SSSR count). The third-order valence-corrected chi connectivity index (χ3v) is 7.38. The molecule has 0 radical (unpaired) electrons. The molecule has 33 heavy (non-hydrogen) atoms. The van der Waals surface area contributed by atoms with E-state index in [-0.39, 0.29) is 31.7 Å². The van der Waals surface area contributed by atoms with E-state index in [0.717, 1.165) is 12.4 Å². The van der Waals surface area contributed by atoms with Gasteiger partial charge in [-0.3, -0.25) is 10.0 Å². The molecule has 2 unspecified atom stereocenters. The van der Waals surface area contributed by atoms with Gasteiger partial charge in [0.1, 0.15) is 17.7 Å². The van der Waals surface area contributed by atoms with E-state index in [1.807, 2.05) is 11.0 Å². The lowest BCUT2D eigenvalue weighted by molar-refractivity contribution is -0.159. The number of piperazine rings is 1. The fourth-order valence-electron chi connectivity index (χ4n) is 3.61. The normalized spacial score (nSPS) is 16.6. The Labute approximate surface area is 191 Å². The first-order valence-corrected chi connectivity index (χ1v) is 11.8. The average molecular weight is 478 g/mol. The predicted molar refractivity (Wildman–Crippen MR) is 115 cm³/mol. The van der Waals surface area contributed by atoms with Crippen LogP contribution in [0.25, 0.3) is 0 Å². The summed E-state index contributed by atoms with van der Waals surface area (Å²) in [6.07, 6.45) is 3.69. The summed E-state index contributed by atoms with van der Waals surface area (Å²) in [5, 5.41) is 19.2. The second kappa shape index (κ2) is 10.6. The minimum absolute atomic E-state index is 0.0647. The number of pyridine rings is 1. The SMILES string of the molecule is CC(CC(CS(=O)(=O)N1CCN(c2ccc(C#N)cn2)CC1)N(O)C=O)c1ncc(F)cn1. The minimum Gasteiger partial charge on any atom is -0.354 e. The highest BCUT2D eigenvalue weighted by atomic mass is 32.2. The summed E-state index contributed by atoms with van der Waals surface area (Å²) in [6, 6.07) is 4.33. The number of amides is 1. The van der Waals surface area contributed by atoms with Crippen LogP contribution < -0.4 is 4.90 Å². The standard InChI is InChI=1S/C20H24FN7O4S/c1-15(20-24-11-17(21)12-25-20)8-18(28(30)14-29)13-33(31,32)27-6-4-26(5-7-27)19-3-2-16(9-22)10-23-19/h2-3,10-12,14-15,18,30H,4-8,13H2,1H3. The van der Waals surface area contributed by atoms with E-state index < -0.39 is 33.6 Å². The van der Waals surface area contributed by atoms with Crippen molar-refractivity contribution < 1.29 is 22.8 Å². The van der Waals surface area contributed by atoms with Crippen LogP contribution in [0.1, 0.15) is 30.7 Å². The Morgan fingerprint density at radius 2 is 1.88 bits per heavy atom. The molecule has 1 aliphatic heterocycles. The van der Waals surface area contributed by atoms with Gasteiger partial charge in [-0.2, -0.15) is 9.57 Å². The molecule has 176 valence electrons. The second-order valence-electron chi connectivity index (χ2n) is 7.72. The van der Waals surface area contributed by atoms with Crippen LogP contribution >= 0.6 is 0 Å². The van der Waals surface area contributed by atoms with Crippen molar-refractivity contribution in [1.82, 2.24) is 24.3 Å². The third kappa shape index (κ3) is 6.19. The number of halogens is 1. The molecule has 0 aromatic carbocycles. The van der Waals surface area contributed by atoms with Crippen LogP contribution in [0.3, 0.4) is 0 Å². The lowest BCUT2D eigenvalue weighted by atomic mass is 10.0. The Hall–Kier alpha value is -3.21. The van der Waals surface area contributed by atoms with Gasteiger partial charge in [0.15, 0.2) is 5.82 Å². The quantitative estimate of drug-likeness (QED) is 0.314. The van der Waals surface area contributed by atoms with Gasteiger partial charge in [-0.15, -0.1) is 0 Å². The molecule has 11 nitrogen and oxygen atoms in total. The van der Waals surface area contributed by atoms with Crippen LogP contribution in [0.5, 0.6) is 0 Å². The topological polar surface area (TPSA) is 144 Å². The van der Waals surface area contributed by atoms with Crippen LogP contribution in [-0.4, -0.2) is 82.3 Å². The number of hydrogen-bond acceptors (Lipinski definition) is 9. The molecule has 3 heterocycles. The molecule has 1 N–H and O–H groups in total. The summed E-state index contributed by atoms with van der Waals surface area (Å²) in [7, 11) is -3.81. The molecule has 13 heteroatoms. The van der Waals surface area contributed by atoms with E-state index in [0.29, 0.717) is 29.5 Å². The van der Waals surface area contributed by atoms with Crippen molar-refractivity contribution in [2.24, 2.45) is 0 Å². The molecule has 1 fully saturated rings. The van der Waals surface area contributed by atoms with Crippen molar-refractivity contribution in [2.75, 3.05) is 36.8 Å². The number of nitriles is 1. The Morgan fingerprint density at radius 3 is 2.42 bits per heavy atom. The zero-order valence-corrected chi connectivity index (χ0v) is 18.8. The monoisotopic (exact) mass is 477 g/mol. The maximum Gasteiger partial charge on any atom is 0.233 e. The maximum absolute atomic E-state index is 13.1. The number of carbonyl (C=O) groups excluding carboxylic acids is 1. The predicted octanol–water partition coefficient (Wildman–Crippen LogP) is 0.744. The van der Waals surface area contributed by atoms with Crippen molar-refractivity contribution in [1.29, 1.82) is 5.26 Å². The average Bonchev–Trinajstić information content (AvgIpc) is 2.83. The number of hydroxylamine groups is 2. The first kappa shape index (κ1) is 24.4. The van der Waals surface area contributed by atoms with Crippen LogP contribution in [0.2, 0.25) is 0 Å². The lowest BCUT2D eigenvalue weighted by Crippen LogP contribution is -2.51. The van der Waals surface area contributed by atoms with Gasteiger partial charge in [-0.05, 0) is 18.6 Å². The fourth-order valence-corrected chi connectivity index (χ4v) is 5.32. The van der Waals surface area contributed by atoms with Crippen molar-refractivity contribution in [3.63, 3.8) is 0 Å². The van der Waals surface area contributed by atoms with Gasteiger partial charge in [-0.25, -0.2) is 32.8 Å². The maximum atomic E-state index is 13.1. The number of nitrogens with zero attached hydrogens (tertiary/aromatic N) is 7. The highest BCUT2D eigenvalue weighted by Crippen LogP contribution is 2.22. The smallest absolute Gasteiger partial charge is 0.233 e. The van der Waals surface area contributed by atoms with Crippen molar-refractivity contribution >= 4 is 22.3 Å². The molecule has 0 saturated carbocycles. The molecule has 0 aliphatic carbocycles. The number of anilines is 1. The van der Waals surface area contributed by atoms with E-state index in [1.54, 1.807) is 19.1 Å². The number of sulfonamides is 1. The largest absolute Gasteiger partial charge is 0.354 e. The number of rotatable bonds is 9. The molecule has 2 aromatic heterocycles. The molecule has 0 bridgehead atoms. The molecular formula is C20H24FN7O4S. The van der Waals surface area contributed by atoms with Crippen LogP contribution in [0.15, 0.2) is 30.7 Å². The van der Waals surface area contributed by atoms with Crippen molar-refractivity contribution in [3.8, 4) is 6.07 Å². The third-order valence-electron chi connectivity index (χ3n) is 5.42. The first-order chi connectivity index (χ1) is 15.7. The van der Waals surface area contributed by atoms with E-state index in [2.05, 4.69) is 15.0 Å². The van der Waals surface area contributed by atoms with Crippen molar-refractivity contribution in [3.05, 3.63) is 47.9 Å². The molecule has 1 saturated heterocycles. The minimum atomic E-state index is -3.81. The summed E-state index contributed by atoms with van der Waals surface area (Å²) >= 11 is 0. The van der Waals surface area contributed by atoms with E-state index in [9.17, 15) is 22.8 Å². The number of hydrogen-bond donors (Lipinski definition) is 1. The van der Waals surface area contributed by atoms with Gasteiger partial charge >= 0.3 is 0 Å². The summed E-state index contributed by atoms with van der Waals surface area (Å²) in [5.74, 6) is -0.582. The van der Waals surface area contributed by atoms with Gasteiger partial charge in [0.2, 0.25) is 16.4 Å². The van der Waals surface area contributed by atoms with Gasteiger partial charge in [0.25, 0.3) is 0 Å². The molecular weight excluding hydrogens is 453 g/mol. The summed E-state index contributed by atoms with van der Waals surface area (Å²) in [5.41, 5.74) is 0.440. The van der Waals surface area contributed by atoms with Crippen LogP contribution in [-0.2, 0) is 14.8 Å². The second-order valence-corrected chi connectivity index (χ2v) is 9.73. The Morgan fingerprint density at radius 1 is 1.21 bits per heavy atom. The van der Waals surface area contributed by atoms with Gasteiger partial charge in [0.05, 0.1) is 29.8 Å². The Bertz CT molecular complexity index is 1080. The molecule has 1 aliphatic rings. The van der Waals surface area contributed by atoms with Gasteiger partial charge < -0.3 is 4.90 Å². The highest BCUT2D eigenvalue weighted by molar-refractivity contribution is 7.89. The summed E-state index contributed by atoms with van der Waals surface area (Å²) in [4.78, 5) is 25.1. The van der Waals surface area contributed by atoms with Gasteiger partial charge in [0, 0.05) is 38.3 Å². The molecule has 2 aromatic rings. The Balaban J connectivity index is 1.64. The van der Waals surface area contributed by atoms with Crippen molar-refractivity contribution in [2.45, 2.75) is 25.3 Å². The summed E-state index contributed by atoms with van der Waals surface area (Å²) < 4.78 is 40.4. The zero-order valence-electron chi connectivity index (χ0n) is 18.0. The van der Waals surface area contributed by atoms with Gasteiger partial charge in [-0.1, -0.05) is 6.92 Å². The molecule has 0 spiro atoms. The van der Waals surface area contributed by atoms with E-state index in [4.69, 9.17) is 5.26 Å². The first-order valence-electron chi connectivity index (χ1n) is 10.2. The highest BCUT2D eigenvalue weighted by Gasteiger charge is 2.33. The van der Waals surface area contributed by atoms with E-state index >= 15 is 0 Å². The van der Waals surface area contributed by atoms with E-state index in [1.165, 1.54) is 10.5 Å². The summed E-state index contributed by atoms with van der Waals surface area (Å²) in [6.45, 7) is 2.92. The molecule has 1 amide bonds. The lowest BCUT2D eigenvalue weighted by Gasteiger charge is -2.35. The van der Waals surface area contributed by atoms with Crippen LogP contribution in [0.4, 0.5) is 10.2 Å². The number of carbonyl (C=O) groups is 1. The molecule has 2 atom stereocenters. The van der Waals surface area contributed by atoms with Crippen LogP contribution in [0, 0.1) is 17.1 Å². The zero-order chi connectivity index (χ0) is 24.0. The Kier molecular flexibility index (Phi) is 7.85.